The molecule has 0 spiro atoms. The van der Waals surface area contributed by atoms with Crippen molar-refractivity contribution in [3.05, 3.63) is 69.0 Å². The molecule has 2 heterocycles. The summed E-state index contributed by atoms with van der Waals surface area (Å²) in [7, 11) is 0. The van der Waals surface area contributed by atoms with Crippen molar-refractivity contribution in [1.29, 1.82) is 0 Å². The van der Waals surface area contributed by atoms with Crippen molar-refractivity contribution >= 4 is 23.8 Å². The number of ether oxygens (including phenoxy) is 4. The molecule has 5 atom stereocenters. The minimum Gasteiger partial charge on any atom is -0.458 e. The van der Waals surface area contributed by atoms with E-state index in [2.05, 4.69) is 0 Å². The first-order valence-electron chi connectivity index (χ1n) is 12.8. The standard InChI is InChI=1S/C27H32FN3O10/c1-14(2)23(34)39-20-21(40-24(35)15(3)4)27(28,13-38-25(36)19(29)17-9-7-6-8-10-17)41-22(20)30-12-11-18(33)31(16(5)32)26(30)37/h6-12,14-15,19-22H,13,29H2,1-5H3/t19-,20+,21-,22+,27+/m0/s1. The molecule has 41 heavy (non-hydrogen) atoms. The van der Waals surface area contributed by atoms with E-state index in [0.717, 1.165) is 19.2 Å². The molecular formula is C27H32FN3O10. The fourth-order valence-corrected chi connectivity index (χ4v) is 3.90. The largest absolute Gasteiger partial charge is 0.458 e. The summed E-state index contributed by atoms with van der Waals surface area (Å²) >= 11 is 0. The lowest BCUT2D eigenvalue weighted by atomic mass is 10.1. The van der Waals surface area contributed by atoms with Gasteiger partial charge in [0.15, 0.2) is 18.9 Å². The normalized spacial score (nSPS) is 22.8. The van der Waals surface area contributed by atoms with Crippen LogP contribution < -0.4 is 17.0 Å². The number of nitrogens with zero attached hydrogens (tertiary/aromatic N) is 2. The monoisotopic (exact) mass is 577 g/mol. The lowest BCUT2D eigenvalue weighted by molar-refractivity contribution is -0.226. The Balaban J connectivity index is 2.07. The summed E-state index contributed by atoms with van der Waals surface area (Å²) in [6.07, 6.45) is -4.80. The Hall–Kier alpha value is -4.17. The lowest BCUT2D eigenvalue weighted by Crippen LogP contribution is -2.49. The van der Waals surface area contributed by atoms with Crippen LogP contribution in [-0.2, 0) is 33.3 Å². The van der Waals surface area contributed by atoms with Gasteiger partial charge in [-0.1, -0.05) is 58.0 Å². The molecular weight excluding hydrogens is 545 g/mol. The average Bonchev–Trinajstić information content (AvgIpc) is 3.17. The van der Waals surface area contributed by atoms with Gasteiger partial charge in [-0.3, -0.25) is 23.7 Å². The zero-order valence-electron chi connectivity index (χ0n) is 23.1. The van der Waals surface area contributed by atoms with Crippen LogP contribution in [0.25, 0.3) is 0 Å². The zero-order chi connectivity index (χ0) is 30.6. The molecule has 1 aliphatic heterocycles. The van der Waals surface area contributed by atoms with Crippen molar-refractivity contribution in [2.24, 2.45) is 17.6 Å². The molecule has 222 valence electrons. The number of halogens is 1. The van der Waals surface area contributed by atoms with Gasteiger partial charge < -0.3 is 24.7 Å². The molecule has 0 aliphatic carbocycles. The maximum absolute atomic E-state index is 16.7. The van der Waals surface area contributed by atoms with Crippen LogP contribution in [0.1, 0.15) is 57.2 Å². The Bertz CT molecular complexity index is 1420. The molecule has 1 aromatic carbocycles. The van der Waals surface area contributed by atoms with Gasteiger partial charge in [-0.05, 0) is 5.56 Å². The zero-order valence-corrected chi connectivity index (χ0v) is 23.1. The maximum Gasteiger partial charge on any atom is 0.340 e. The molecule has 1 fully saturated rings. The highest BCUT2D eigenvalue weighted by atomic mass is 19.2. The number of carbonyl (C=O) groups excluding carboxylic acids is 4. The van der Waals surface area contributed by atoms with Crippen molar-refractivity contribution in [3.8, 4) is 0 Å². The molecule has 3 rings (SSSR count). The Morgan fingerprint density at radius 3 is 2.12 bits per heavy atom. The summed E-state index contributed by atoms with van der Waals surface area (Å²) in [6.45, 7) is 5.68. The van der Waals surface area contributed by atoms with Crippen molar-refractivity contribution in [2.75, 3.05) is 6.61 Å². The summed E-state index contributed by atoms with van der Waals surface area (Å²) in [5.41, 5.74) is 4.12. The van der Waals surface area contributed by atoms with E-state index in [0.29, 0.717) is 10.1 Å². The van der Waals surface area contributed by atoms with E-state index in [1.807, 2.05) is 0 Å². The van der Waals surface area contributed by atoms with Gasteiger partial charge in [0.25, 0.3) is 11.4 Å². The van der Waals surface area contributed by atoms with Crippen LogP contribution in [0.3, 0.4) is 0 Å². The SMILES string of the molecule is CC(=O)n1c(=O)ccn([C@@H]2O[C@](F)(COC(=O)[C@@H](N)c3ccccc3)[C@@H](OC(=O)C(C)C)[C@H]2OC(=O)C(C)C)c1=O. The molecule has 1 aliphatic rings. The Kier molecular flexibility index (Phi) is 9.61. The van der Waals surface area contributed by atoms with Crippen molar-refractivity contribution < 1.29 is 42.5 Å². The minimum absolute atomic E-state index is 0.261. The smallest absolute Gasteiger partial charge is 0.340 e. The predicted molar refractivity (Wildman–Crippen MR) is 139 cm³/mol. The van der Waals surface area contributed by atoms with E-state index in [-0.39, 0.29) is 4.57 Å². The van der Waals surface area contributed by atoms with E-state index in [9.17, 15) is 28.8 Å². The molecule has 0 bridgehead atoms. The topological polar surface area (TPSA) is 175 Å². The van der Waals surface area contributed by atoms with Gasteiger partial charge in [0.05, 0.1) is 11.8 Å². The number of alkyl halides is 1. The number of benzene rings is 1. The van der Waals surface area contributed by atoms with E-state index >= 15 is 4.39 Å². The second kappa shape index (κ2) is 12.6. The number of hydrogen-bond acceptors (Lipinski definition) is 11. The first-order valence-corrected chi connectivity index (χ1v) is 12.8. The molecule has 2 aromatic rings. The van der Waals surface area contributed by atoms with E-state index < -0.39 is 83.8 Å². The van der Waals surface area contributed by atoms with Gasteiger partial charge in [-0.15, -0.1) is 0 Å². The Labute approximate surface area is 233 Å². The summed E-state index contributed by atoms with van der Waals surface area (Å²) < 4.78 is 39.0. The molecule has 0 radical (unpaired) electrons. The predicted octanol–water partition coefficient (Wildman–Crippen LogP) is 1.24. The highest BCUT2D eigenvalue weighted by molar-refractivity contribution is 5.77. The molecule has 14 heteroatoms. The van der Waals surface area contributed by atoms with Crippen LogP contribution >= 0.6 is 0 Å². The van der Waals surface area contributed by atoms with Gasteiger partial charge in [0.2, 0.25) is 12.0 Å². The Morgan fingerprint density at radius 2 is 1.56 bits per heavy atom. The van der Waals surface area contributed by atoms with Gasteiger partial charge in [-0.2, -0.15) is 4.57 Å². The molecule has 0 amide bonds. The highest BCUT2D eigenvalue weighted by Gasteiger charge is 2.62. The second-order valence-corrected chi connectivity index (χ2v) is 10.1. The number of carbonyl (C=O) groups is 4. The van der Waals surface area contributed by atoms with Crippen LogP contribution in [0.5, 0.6) is 0 Å². The first-order chi connectivity index (χ1) is 19.2. The summed E-state index contributed by atoms with van der Waals surface area (Å²) in [5.74, 6) is -8.45. The fourth-order valence-electron chi connectivity index (χ4n) is 3.90. The number of rotatable bonds is 9. The molecule has 1 aromatic heterocycles. The van der Waals surface area contributed by atoms with Crippen LogP contribution in [0.15, 0.2) is 52.2 Å². The van der Waals surface area contributed by atoms with Crippen molar-refractivity contribution in [3.63, 3.8) is 0 Å². The quantitative estimate of drug-likeness (QED) is 0.335. The molecule has 1 saturated heterocycles. The second-order valence-electron chi connectivity index (χ2n) is 10.1. The highest BCUT2D eigenvalue weighted by Crippen LogP contribution is 2.42. The van der Waals surface area contributed by atoms with Crippen LogP contribution in [0.2, 0.25) is 0 Å². The molecule has 0 unspecified atom stereocenters. The van der Waals surface area contributed by atoms with Crippen molar-refractivity contribution in [1.82, 2.24) is 9.13 Å². The summed E-state index contributed by atoms with van der Waals surface area (Å²) in [5, 5.41) is 0. The van der Waals surface area contributed by atoms with Gasteiger partial charge in [0, 0.05) is 19.2 Å². The number of aromatic nitrogens is 2. The fraction of sp³-hybridized carbons (Fsp3) is 0.481. The number of hydrogen-bond donors (Lipinski definition) is 1. The van der Waals surface area contributed by atoms with Crippen LogP contribution in [0.4, 0.5) is 4.39 Å². The van der Waals surface area contributed by atoms with Gasteiger partial charge in [-0.25, -0.2) is 14.0 Å². The number of nitrogens with two attached hydrogens (primary N) is 1. The average molecular weight is 578 g/mol. The molecule has 13 nitrogen and oxygen atoms in total. The van der Waals surface area contributed by atoms with E-state index in [1.165, 1.54) is 27.7 Å². The number of esters is 3. The van der Waals surface area contributed by atoms with Crippen molar-refractivity contribution in [2.45, 2.75) is 65.0 Å². The third-order valence-electron chi connectivity index (χ3n) is 6.18. The van der Waals surface area contributed by atoms with Gasteiger partial charge >= 0.3 is 23.6 Å². The van der Waals surface area contributed by atoms with Gasteiger partial charge in [0.1, 0.15) is 6.04 Å². The van der Waals surface area contributed by atoms with E-state index in [4.69, 9.17) is 24.7 Å². The maximum atomic E-state index is 16.7. The van der Waals surface area contributed by atoms with Crippen LogP contribution in [-0.4, -0.2) is 57.6 Å². The molecule has 0 saturated carbocycles. The third kappa shape index (κ3) is 6.77. The summed E-state index contributed by atoms with van der Waals surface area (Å²) in [6, 6.07) is 7.64. The van der Waals surface area contributed by atoms with Crippen LogP contribution in [0, 0.1) is 11.8 Å². The Morgan fingerprint density at radius 1 is 0.976 bits per heavy atom. The molecule has 2 N–H and O–H groups in total. The van der Waals surface area contributed by atoms with E-state index in [1.54, 1.807) is 30.3 Å². The third-order valence-corrected chi connectivity index (χ3v) is 6.18. The summed E-state index contributed by atoms with van der Waals surface area (Å²) in [4.78, 5) is 75.2. The minimum atomic E-state index is -3.17. The lowest BCUT2D eigenvalue weighted by Gasteiger charge is -2.28. The first kappa shape index (κ1) is 31.4.